The molecule has 132 valence electrons. The van der Waals surface area contributed by atoms with E-state index in [0.29, 0.717) is 6.54 Å². The van der Waals surface area contributed by atoms with Crippen LogP contribution >= 0.6 is 0 Å². The first-order chi connectivity index (χ1) is 12.2. The molecule has 25 heavy (non-hydrogen) atoms. The number of piperazine rings is 1. The van der Waals surface area contributed by atoms with Gasteiger partial charge in [-0.05, 0) is 31.7 Å². The molecule has 1 aliphatic carbocycles. The molecule has 0 amide bonds. The fourth-order valence-corrected chi connectivity index (χ4v) is 3.64. The first kappa shape index (κ1) is 16.2. The molecule has 7 nitrogen and oxygen atoms in total. The minimum Gasteiger partial charge on any atom is -0.353 e. The maximum Gasteiger partial charge on any atom is 0.267 e. The zero-order valence-electron chi connectivity index (χ0n) is 14.7. The van der Waals surface area contributed by atoms with Gasteiger partial charge in [-0.2, -0.15) is 5.10 Å². The van der Waals surface area contributed by atoms with Crippen LogP contribution in [0.4, 0.5) is 5.82 Å². The molecule has 2 aromatic rings. The van der Waals surface area contributed by atoms with Gasteiger partial charge in [0.05, 0.1) is 24.1 Å². The van der Waals surface area contributed by atoms with Crippen LogP contribution in [0.1, 0.15) is 23.4 Å². The average molecular weight is 340 g/mol. The second-order valence-corrected chi connectivity index (χ2v) is 6.88. The molecule has 7 heteroatoms. The Morgan fingerprint density at radius 2 is 1.92 bits per heavy atom. The molecule has 3 heterocycles. The van der Waals surface area contributed by atoms with E-state index < -0.39 is 0 Å². The van der Waals surface area contributed by atoms with E-state index in [4.69, 9.17) is 0 Å². The summed E-state index contributed by atoms with van der Waals surface area (Å²) < 4.78 is 1.64. The highest BCUT2D eigenvalue weighted by atomic mass is 16.1. The topological polar surface area (TPSA) is 67.2 Å². The molecule has 0 N–H and O–H groups in total. The summed E-state index contributed by atoms with van der Waals surface area (Å²) in [6.45, 7) is 7.30. The first-order valence-electron chi connectivity index (χ1n) is 9.05. The third kappa shape index (κ3) is 3.56. The highest BCUT2D eigenvalue weighted by Crippen LogP contribution is 2.17. The molecule has 1 saturated heterocycles. The van der Waals surface area contributed by atoms with Gasteiger partial charge in [0.15, 0.2) is 0 Å². The van der Waals surface area contributed by atoms with E-state index in [1.807, 2.05) is 13.1 Å². The molecule has 4 rings (SSSR count). The number of rotatable bonds is 4. The van der Waals surface area contributed by atoms with Crippen LogP contribution in [0.5, 0.6) is 0 Å². The zero-order chi connectivity index (χ0) is 17.2. The van der Waals surface area contributed by atoms with E-state index in [2.05, 4.69) is 24.9 Å². The number of hydrogen-bond acceptors (Lipinski definition) is 6. The standard InChI is InChI=1S/C18H24N6O/c1-14-12-19-13-17(20-14)23-8-5-22(6-9-23)7-10-24-18(25)11-15-3-2-4-16(15)21-24/h11-13H,2-10H2,1H3. The minimum absolute atomic E-state index is 0.0364. The molecule has 0 unspecified atom stereocenters. The molecule has 0 radical (unpaired) electrons. The quantitative estimate of drug-likeness (QED) is 0.814. The van der Waals surface area contributed by atoms with Gasteiger partial charge < -0.3 is 4.90 Å². The van der Waals surface area contributed by atoms with Crippen LogP contribution in [0.3, 0.4) is 0 Å². The molecule has 0 atom stereocenters. The summed E-state index contributed by atoms with van der Waals surface area (Å²) in [6.07, 6.45) is 6.74. The van der Waals surface area contributed by atoms with Crippen LogP contribution in [-0.4, -0.2) is 57.4 Å². The lowest BCUT2D eigenvalue weighted by molar-refractivity contribution is 0.242. The van der Waals surface area contributed by atoms with Crippen molar-refractivity contribution >= 4 is 5.82 Å². The first-order valence-corrected chi connectivity index (χ1v) is 9.05. The van der Waals surface area contributed by atoms with Crippen molar-refractivity contribution in [2.45, 2.75) is 32.7 Å². The molecular formula is C18H24N6O. The summed E-state index contributed by atoms with van der Waals surface area (Å²) in [4.78, 5) is 25.6. The molecule has 2 aromatic heterocycles. The Balaban J connectivity index is 1.33. The summed E-state index contributed by atoms with van der Waals surface area (Å²) in [5.41, 5.74) is 3.24. The predicted octanol–water partition coefficient (Wildman–Crippen LogP) is 0.653. The lowest BCUT2D eigenvalue weighted by Gasteiger charge is -2.35. The molecule has 2 aliphatic rings. The highest BCUT2D eigenvalue weighted by Gasteiger charge is 2.19. The van der Waals surface area contributed by atoms with Gasteiger partial charge in [-0.25, -0.2) is 9.67 Å². The Labute approximate surface area is 147 Å². The smallest absolute Gasteiger partial charge is 0.267 e. The second-order valence-electron chi connectivity index (χ2n) is 6.88. The van der Waals surface area contributed by atoms with Crippen molar-refractivity contribution in [2.75, 3.05) is 37.6 Å². The van der Waals surface area contributed by atoms with Gasteiger partial charge in [0.2, 0.25) is 0 Å². The Bertz CT molecular complexity index is 809. The van der Waals surface area contributed by atoms with Gasteiger partial charge in [-0.3, -0.25) is 14.7 Å². The molecule has 1 fully saturated rings. The summed E-state index contributed by atoms with van der Waals surface area (Å²) in [5, 5.41) is 4.56. The highest BCUT2D eigenvalue weighted by molar-refractivity contribution is 5.36. The van der Waals surface area contributed by atoms with E-state index >= 15 is 0 Å². The van der Waals surface area contributed by atoms with Gasteiger partial charge in [0.25, 0.3) is 5.56 Å². The SMILES string of the molecule is Cc1cncc(N2CCN(CCn3nc4c(cc3=O)CCC4)CC2)n1. The van der Waals surface area contributed by atoms with Gasteiger partial charge in [-0.15, -0.1) is 0 Å². The lowest BCUT2D eigenvalue weighted by Crippen LogP contribution is -2.48. The fraction of sp³-hybridized carbons (Fsp3) is 0.556. The van der Waals surface area contributed by atoms with E-state index in [0.717, 1.165) is 74.8 Å². The fourth-order valence-electron chi connectivity index (χ4n) is 3.64. The number of anilines is 1. The van der Waals surface area contributed by atoms with E-state index in [1.165, 1.54) is 0 Å². The maximum atomic E-state index is 12.2. The zero-order valence-corrected chi connectivity index (χ0v) is 14.7. The minimum atomic E-state index is 0.0364. The van der Waals surface area contributed by atoms with Crippen LogP contribution in [0.25, 0.3) is 0 Å². The lowest BCUT2D eigenvalue weighted by atomic mass is 10.2. The van der Waals surface area contributed by atoms with Crippen molar-refractivity contribution in [3.8, 4) is 0 Å². The van der Waals surface area contributed by atoms with Crippen molar-refractivity contribution in [1.29, 1.82) is 0 Å². The van der Waals surface area contributed by atoms with Crippen molar-refractivity contribution in [3.05, 3.63) is 45.8 Å². The molecule has 0 spiro atoms. The van der Waals surface area contributed by atoms with Crippen LogP contribution in [0.2, 0.25) is 0 Å². The number of nitrogens with zero attached hydrogens (tertiary/aromatic N) is 6. The van der Waals surface area contributed by atoms with Crippen LogP contribution in [0.15, 0.2) is 23.3 Å². The van der Waals surface area contributed by atoms with Crippen LogP contribution in [-0.2, 0) is 19.4 Å². The summed E-state index contributed by atoms with van der Waals surface area (Å²) >= 11 is 0. The molecule has 0 saturated carbocycles. The Kier molecular flexibility index (Phi) is 4.48. The number of fused-ring (bicyclic) bond motifs is 1. The van der Waals surface area contributed by atoms with Gasteiger partial charge in [-0.1, -0.05) is 0 Å². The van der Waals surface area contributed by atoms with Crippen molar-refractivity contribution in [2.24, 2.45) is 0 Å². The number of aromatic nitrogens is 4. The monoisotopic (exact) mass is 340 g/mol. The number of hydrogen-bond donors (Lipinski definition) is 0. The maximum absolute atomic E-state index is 12.2. The third-order valence-electron chi connectivity index (χ3n) is 5.09. The van der Waals surface area contributed by atoms with Gasteiger partial charge in [0, 0.05) is 45.0 Å². The van der Waals surface area contributed by atoms with E-state index in [-0.39, 0.29) is 5.56 Å². The van der Waals surface area contributed by atoms with E-state index in [1.54, 1.807) is 16.9 Å². The Morgan fingerprint density at radius 1 is 1.08 bits per heavy atom. The Morgan fingerprint density at radius 3 is 2.72 bits per heavy atom. The van der Waals surface area contributed by atoms with Gasteiger partial charge >= 0.3 is 0 Å². The summed E-state index contributed by atoms with van der Waals surface area (Å²) in [7, 11) is 0. The van der Waals surface area contributed by atoms with Gasteiger partial charge in [0.1, 0.15) is 5.82 Å². The molecule has 1 aliphatic heterocycles. The normalized spacial score (nSPS) is 17.7. The third-order valence-corrected chi connectivity index (χ3v) is 5.09. The summed E-state index contributed by atoms with van der Waals surface area (Å²) in [5.74, 6) is 0.955. The summed E-state index contributed by atoms with van der Waals surface area (Å²) in [6, 6.07) is 1.78. The Hall–Kier alpha value is -2.28. The second kappa shape index (κ2) is 6.92. The number of aryl methyl sites for hydroxylation is 3. The van der Waals surface area contributed by atoms with Crippen LogP contribution < -0.4 is 10.5 Å². The molecule has 0 aromatic carbocycles. The largest absolute Gasteiger partial charge is 0.353 e. The molecule has 0 bridgehead atoms. The van der Waals surface area contributed by atoms with E-state index in [9.17, 15) is 4.79 Å². The van der Waals surface area contributed by atoms with Crippen LogP contribution in [0, 0.1) is 6.92 Å². The molecular weight excluding hydrogens is 316 g/mol. The average Bonchev–Trinajstić information content (AvgIpc) is 3.07. The van der Waals surface area contributed by atoms with Crippen molar-refractivity contribution < 1.29 is 0 Å². The predicted molar refractivity (Wildman–Crippen MR) is 95.9 cm³/mol. The van der Waals surface area contributed by atoms with Crippen molar-refractivity contribution in [1.82, 2.24) is 24.6 Å². The van der Waals surface area contributed by atoms with Crippen molar-refractivity contribution in [3.63, 3.8) is 0 Å².